The molecule has 1 N–H and O–H groups in total. The van der Waals surface area contributed by atoms with E-state index >= 15 is 0 Å². The van der Waals surface area contributed by atoms with Crippen molar-refractivity contribution in [2.75, 3.05) is 46.1 Å². The number of para-hydroxylation sites is 1. The average Bonchev–Trinajstić information content (AvgIpc) is 2.45. The van der Waals surface area contributed by atoms with Crippen LogP contribution in [0.25, 0.3) is 0 Å². The summed E-state index contributed by atoms with van der Waals surface area (Å²) in [7, 11) is 6.04. The van der Waals surface area contributed by atoms with E-state index in [2.05, 4.69) is 36.4 Å². The molecule has 0 bridgehead atoms. The summed E-state index contributed by atoms with van der Waals surface area (Å²) in [6.07, 6.45) is 1.90. The topological polar surface area (TPSA) is 35.6 Å². The van der Waals surface area contributed by atoms with Crippen molar-refractivity contribution >= 4 is 11.6 Å². The van der Waals surface area contributed by atoms with Crippen molar-refractivity contribution in [3.8, 4) is 0 Å². The van der Waals surface area contributed by atoms with Gasteiger partial charge in [0.2, 0.25) is 5.91 Å². The summed E-state index contributed by atoms with van der Waals surface area (Å²) >= 11 is 0. The van der Waals surface area contributed by atoms with Crippen molar-refractivity contribution in [3.63, 3.8) is 0 Å². The zero-order valence-electron chi connectivity index (χ0n) is 12.7. The summed E-state index contributed by atoms with van der Waals surface area (Å²) < 4.78 is 0. The second-order valence-corrected chi connectivity index (χ2v) is 5.77. The third-order valence-corrected chi connectivity index (χ3v) is 3.86. The number of carbonyl (C=O) groups is 1. The fraction of sp³-hybridized carbons (Fsp3) is 0.562. The predicted octanol–water partition coefficient (Wildman–Crippen LogP) is 2.00. The van der Waals surface area contributed by atoms with Gasteiger partial charge in [-0.1, -0.05) is 18.2 Å². The normalized spacial score (nSPS) is 17.5. The molecule has 1 aromatic rings. The number of nitrogens with zero attached hydrogens (tertiary/aromatic N) is 2. The lowest BCUT2D eigenvalue weighted by molar-refractivity contribution is -0.131. The number of amides is 1. The minimum Gasteiger partial charge on any atom is -0.385 e. The van der Waals surface area contributed by atoms with Crippen LogP contribution in [0.5, 0.6) is 0 Å². The van der Waals surface area contributed by atoms with E-state index in [-0.39, 0.29) is 11.8 Å². The van der Waals surface area contributed by atoms with Gasteiger partial charge in [0.25, 0.3) is 0 Å². The minimum atomic E-state index is 0.0109. The molecule has 110 valence electrons. The maximum Gasteiger partial charge on any atom is 0.230 e. The molecule has 0 saturated carbocycles. The van der Waals surface area contributed by atoms with E-state index < -0.39 is 0 Å². The highest BCUT2D eigenvalue weighted by Crippen LogP contribution is 2.32. The van der Waals surface area contributed by atoms with Gasteiger partial charge in [0.15, 0.2) is 0 Å². The Balaban J connectivity index is 1.99. The number of likely N-dealkylation sites (N-methyl/N-ethyl adjacent to an activating group) is 1. The number of rotatable bonds is 5. The summed E-state index contributed by atoms with van der Waals surface area (Å²) in [4.78, 5) is 16.7. The third kappa shape index (κ3) is 3.51. The van der Waals surface area contributed by atoms with Crippen molar-refractivity contribution in [3.05, 3.63) is 29.8 Å². The Bertz CT molecular complexity index is 459. The van der Waals surface area contributed by atoms with Crippen LogP contribution in [-0.4, -0.2) is 56.5 Å². The lowest BCUT2D eigenvalue weighted by Crippen LogP contribution is -2.36. The molecule has 1 atom stereocenters. The number of benzene rings is 1. The maximum atomic E-state index is 12.6. The van der Waals surface area contributed by atoms with Crippen LogP contribution in [-0.2, 0) is 4.79 Å². The van der Waals surface area contributed by atoms with Crippen molar-refractivity contribution in [1.82, 2.24) is 9.80 Å². The van der Waals surface area contributed by atoms with Gasteiger partial charge in [-0.15, -0.1) is 0 Å². The van der Waals surface area contributed by atoms with E-state index in [1.165, 1.54) is 0 Å². The number of anilines is 1. The van der Waals surface area contributed by atoms with E-state index in [9.17, 15) is 4.79 Å². The number of fused-ring (bicyclic) bond motifs is 1. The molecule has 0 saturated heterocycles. The highest BCUT2D eigenvalue weighted by Gasteiger charge is 2.28. The van der Waals surface area contributed by atoms with Crippen LogP contribution in [0.15, 0.2) is 24.3 Å². The summed E-state index contributed by atoms with van der Waals surface area (Å²) in [6.45, 7) is 2.71. The molecular weight excluding hydrogens is 250 g/mol. The zero-order chi connectivity index (χ0) is 14.5. The molecule has 0 spiro atoms. The Morgan fingerprint density at radius 3 is 2.75 bits per heavy atom. The highest BCUT2D eigenvalue weighted by atomic mass is 16.2. The van der Waals surface area contributed by atoms with Crippen molar-refractivity contribution in [2.45, 2.75) is 18.8 Å². The second-order valence-electron chi connectivity index (χ2n) is 5.77. The fourth-order valence-electron chi connectivity index (χ4n) is 2.73. The Labute approximate surface area is 121 Å². The molecule has 1 amide bonds. The average molecular weight is 275 g/mol. The maximum absolute atomic E-state index is 12.6. The van der Waals surface area contributed by atoms with Gasteiger partial charge in [0.1, 0.15) is 0 Å². The third-order valence-electron chi connectivity index (χ3n) is 3.86. The lowest BCUT2D eigenvalue weighted by Gasteiger charge is -2.29. The lowest BCUT2D eigenvalue weighted by atomic mass is 9.90. The van der Waals surface area contributed by atoms with Gasteiger partial charge < -0.3 is 15.1 Å². The van der Waals surface area contributed by atoms with Gasteiger partial charge in [0, 0.05) is 25.8 Å². The van der Waals surface area contributed by atoms with Crippen LogP contribution >= 0.6 is 0 Å². The number of hydrogen-bond donors (Lipinski definition) is 1. The van der Waals surface area contributed by atoms with Gasteiger partial charge in [-0.25, -0.2) is 0 Å². The molecule has 0 radical (unpaired) electrons. The molecular formula is C16H25N3O. The standard InChI is InChI=1S/C16H25N3O/c1-18(2)11-6-12-19(3)16(20)14-9-10-17-15-8-5-4-7-13(14)15/h4-5,7-8,14,17H,6,9-12H2,1-3H3. The van der Waals surface area contributed by atoms with Gasteiger partial charge >= 0.3 is 0 Å². The van der Waals surface area contributed by atoms with Crippen molar-refractivity contribution in [2.24, 2.45) is 0 Å². The molecule has 4 nitrogen and oxygen atoms in total. The van der Waals surface area contributed by atoms with Crippen LogP contribution in [0, 0.1) is 0 Å². The predicted molar refractivity (Wildman–Crippen MR) is 83.1 cm³/mol. The zero-order valence-corrected chi connectivity index (χ0v) is 12.7. The van der Waals surface area contributed by atoms with E-state index in [1.807, 2.05) is 24.1 Å². The molecule has 1 aliphatic rings. The first kappa shape index (κ1) is 14.9. The molecule has 1 unspecified atom stereocenters. The van der Waals surface area contributed by atoms with Gasteiger partial charge in [-0.05, 0) is 45.1 Å². The SMILES string of the molecule is CN(C)CCCN(C)C(=O)C1CCNc2ccccc21. The van der Waals surface area contributed by atoms with Crippen molar-refractivity contribution < 1.29 is 4.79 Å². The number of nitrogens with one attached hydrogen (secondary N) is 1. The first-order valence-electron chi connectivity index (χ1n) is 7.32. The van der Waals surface area contributed by atoms with Gasteiger partial charge in [-0.3, -0.25) is 4.79 Å². The van der Waals surface area contributed by atoms with Crippen molar-refractivity contribution in [1.29, 1.82) is 0 Å². The van der Waals surface area contributed by atoms with Crippen LogP contribution in [0.2, 0.25) is 0 Å². The molecule has 0 aliphatic carbocycles. The molecule has 1 aliphatic heterocycles. The van der Waals surface area contributed by atoms with Crippen LogP contribution in [0.3, 0.4) is 0 Å². The molecule has 0 aromatic heterocycles. The monoisotopic (exact) mass is 275 g/mol. The molecule has 1 heterocycles. The van der Waals surface area contributed by atoms with Crippen LogP contribution in [0.4, 0.5) is 5.69 Å². The van der Waals surface area contributed by atoms with Gasteiger partial charge in [-0.2, -0.15) is 0 Å². The Morgan fingerprint density at radius 2 is 2.00 bits per heavy atom. The van der Waals surface area contributed by atoms with E-state index in [0.717, 1.165) is 43.7 Å². The van der Waals surface area contributed by atoms with E-state index in [1.54, 1.807) is 0 Å². The molecule has 0 fully saturated rings. The Morgan fingerprint density at radius 1 is 1.25 bits per heavy atom. The summed E-state index contributed by atoms with van der Waals surface area (Å²) in [6, 6.07) is 8.15. The highest BCUT2D eigenvalue weighted by molar-refractivity contribution is 5.86. The quantitative estimate of drug-likeness (QED) is 0.893. The second kappa shape index (κ2) is 6.75. The number of hydrogen-bond acceptors (Lipinski definition) is 3. The molecule has 20 heavy (non-hydrogen) atoms. The fourth-order valence-corrected chi connectivity index (χ4v) is 2.73. The van der Waals surface area contributed by atoms with E-state index in [4.69, 9.17) is 0 Å². The largest absolute Gasteiger partial charge is 0.385 e. The van der Waals surface area contributed by atoms with Crippen LogP contribution in [0.1, 0.15) is 24.3 Å². The molecule has 1 aromatic carbocycles. The first-order chi connectivity index (χ1) is 9.59. The smallest absolute Gasteiger partial charge is 0.230 e. The summed E-state index contributed by atoms with van der Waals surface area (Å²) in [5.74, 6) is 0.259. The summed E-state index contributed by atoms with van der Waals surface area (Å²) in [5.41, 5.74) is 2.25. The van der Waals surface area contributed by atoms with E-state index in [0.29, 0.717) is 0 Å². The van der Waals surface area contributed by atoms with Gasteiger partial charge in [0.05, 0.1) is 5.92 Å². The Hall–Kier alpha value is -1.55. The number of carbonyl (C=O) groups excluding carboxylic acids is 1. The first-order valence-corrected chi connectivity index (χ1v) is 7.32. The molecule has 4 heteroatoms. The van der Waals surface area contributed by atoms with Crippen LogP contribution < -0.4 is 5.32 Å². The molecule has 2 rings (SSSR count). The Kier molecular flexibility index (Phi) is 5.01. The minimum absolute atomic E-state index is 0.0109. The summed E-state index contributed by atoms with van der Waals surface area (Å²) in [5, 5.41) is 3.37.